The molecule has 0 radical (unpaired) electrons. The summed E-state index contributed by atoms with van der Waals surface area (Å²) in [7, 11) is 0. The normalized spacial score (nSPS) is 10.5. The molecule has 2 rings (SSSR count). The molecule has 17 heavy (non-hydrogen) atoms. The molecule has 88 valence electrons. The highest BCUT2D eigenvalue weighted by molar-refractivity contribution is 9.11. The molecule has 0 aliphatic rings. The van der Waals surface area contributed by atoms with Crippen LogP contribution in [-0.4, -0.2) is 26.0 Å². The van der Waals surface area contributed by atoms with Crippen molar-refractivity contribution in [3.63, 3.8) is 0 Å². The van der Waals surface area contributed by atoms with Crippen LogP contribution in [0.4, 0.5) is 0 Å². The van der Waals surface area contributed by atoms with Crippen LogP contribution in [0, 0.1) is 6.92 Å². The van der Waals surface area contributed by atoms with Gasteiger partial charge in [0.1, 0.15) is 0 Å². The van der Waals surface area contributed by atoms with Gasteiger partial charge in [-0.1, -0.05) is 46.4 Å². The highest BCUT2D eigenvalue weighted by atomic mass is 79.9. The molecule has 4 nitrogen and oxygen atoms in total. The highest BCUT2D eigenvalue weighted by Gasteiger charge is 2.08. The third-order valence-corrected chi connectivity index (χ3v) is 3.70. The van der Waals surface area contributed by atoms with Crippen molar-refractivity contribution < 1.29 is 0 Å². The summed E-state index contributed by atoms with van der Waals surface area (Å²) in [4.78, 5) is 0. The molecule has 0 saturated heterocycles. The van der Waals surface area contributed by atoms with Gasteiger partial charge < -0.3 is 0 Å². The van der Waals surface area contributed by atoms with E-state index in [-0.39, 0.29) is 0 Å². The number of aryl methyl sites for hydroxylation is 1. The van der Waals surface area contributed by atoms with Gasteiger partial charge in [-0.05, 0) is 39.5 Å². The maximum absolute atomic E-state index is 4.00. The number of nitrogens with zero attached hydrogens (tertiary/aromatic N) is 4. The second kappa shape index (κ2) is 5.46. The average molecular weight is 311 g/mol. The molecular formula is C11H11BrN4S. The van der Waals surface area contributed by atoms with Crippen LogP contribution >= 0.6 is 27.7 Å². The molecule has 0 spiro atoms. The summed E-state index contributed by atoms with van der Waals surface area (Å²) in [6.07, 6.45) is 0. The van der Waals surface area contributed by atoms with Crippen LogP contribution in [0.2, 0.25) is 0 Å². The standard InChI is InChI=1S/C11H11BrN4S/c1-8-4-3-5-10(6-8)16-11(13-14-15-16)17-7-9(2)12/h3-6H,2,7H2,1H3. The lowest BCUT2D eigenvalue weighted by Gasteiger charge is -2.04. The monoisotopic (exact) mass is 310 g/mol. The van der Waals surface area contributed by atoms with Crippen molar-refractivity contribution in [1.29, 1.82) is 0 Å². The summed E-state index contributed by atoms with van der Waals surface area (Å²) in [5, 5.41) is 12.5. The third kappa shape index (κ3) is 3.17. The fourth-order valence-electron chi connectivity index (χ4n) is 1.33. The van der Waals surface area contributed by atoms with Crippen molar-refractivity contribution in [3.05, 3.63) is 40.9 Å². The van der Waals surface area contributed by atoms with Crippen molar-refractivity contribution in [2.75, 3.05) is 5.75 Å². The predicted molar refractivity (Wildman–Crippen MR) is 72.7 cm³/mol. The summed E-state index contributed by atoms with van der Waals surface area (Å²) in [5.74, 6) is 0.742. The number of rotatable bonds is 4. The summed E-state index contributed by atoms with van der Waals surface area (Å²) < 4.78 is 2.65. The van der Waals surface area contributed by atoms with E-state index in [9.17, 15) is 0 Å². The largest absolute Gasteiger partial charge is 0.214 e. The van der Waals surface area contributed by atoms with E-state index in [1.54, 1.807) is 16.4 Å². The molecule has 0 amide bonds. The van der Waals surface area contributed by atoms with Crippen LogP contribution in [0.3, 0.4) is 0 Å². The average Bonchev–Trinajstić information content (AvgIpc) is 2.74. The topological polar surface area (TPSA) is 43.6 Å². The van der Waals surface area contributed by atoms with E-state index in [1.807, 2.05) is 31.2 Å². The van der Waals surface area contributed by atoms with E-state index in [4.69, 9.17) is 0 Å². The number of hydrogen-bond donors (Lipinski definition) is 0. The lowest BCUT2D eigenvalue weighted by atomic mass is 10.2. The Kier molecular flexibility index (Phi) is 3.96. The Hall–Kier alpha value is -1.14. The number of thioether (sulfide) groups is 1. The van der Waals surface area contributed by atoms with Gasteiger partial charge in [-0.15, -0.1) is 5.10 Å². The second-order valence-corrected chi connectivity index (χ2v) is 5.58. The lowest BCUT2D eigenvalue weighted by Crippen LogP contribution is -1.99. The SMILES string of the molecule is C=C(Br)CSc1nnnn1-c1cccc(C)c1. The lowest BCUT2D eigenvalue weighted by molar-refractivity contribution is 0.756. The van der Waals surface area contributed by atoms with Gasteiger partial charge in [-0.3, -0.25) is 0 Å². The summed E-state index contributed by atoms with van der Waals surface area (Å²) in [5.41, 5.74) is 2.15. The Morgan fingerprint density at radius 2 is 2.35 bits per heavy atom. The molecule has 0 saturated carbocycles. The van der Waals surface area contributed by atoms with E-state index in [0.717, 1.165) is 21.1 Å². The minimum Gasteiger partial charge on any atom is -0.187 e. The molecule has 0 aliphatic heterocycles. The van der Waals surface area contributed by atoms with Crippen molar-refractivity contribution in [1.82, 2.24) is 20.2 Å². The number of hydrogen-bond acceptors (Lipinski definition) is 4. The molecule has 1 heterocycles. The van der Waals surface area contributed by atoms with E-state index < -0.39 is 0 Å². The zero-order valence-electron chi connectivity index (χ0n) is 9.30. The van der Waals surface area contributed by atoms with E-state index in [1.165, 1.54) is 5.56 Å². The van der Waals surface area contributed by atoms with Gasteiger partial charge >= 0.3 is 0 Å². The highest BCUT2D eigenvalue weighted by Crippen LogP contribution is 2.21. The summed E-state index contributed by atoms with van der Waals surface area (Å²) in [6, 6.07) is 8.06. The first-order valence-corrected chi connectivity index (χ1v) is 6.76. The first-order valence-electron chi connectivity index (χ1n) is 4.98. The molecule has 0 fully saturated rings. The second-order valence-electron chi connectivity index (χ2n) is 3.52. The number of halogens is 1. The Morgan fingerprint density at radius 3 is 3.06 bits per heavy atom. The quantitative estimate of drug-likeness (QED) is 0.814. The number of benzene rings is 1. The van der Waals surface area contributed by atoms with Gasteiger partial charge in [-0.25, -0.2) is 0 Å². The first kappa shape index (κ1) is 12.3. The number of tetrazole rings is 1. The van der Waals surface area contributed by atoms with Gasteiger partial charge in [0.25, 0.3) is 0 Å². The molecule has 0 N–H and O–H groups in total. The van der Waals surface area contributed by atoms with E-state index >= 15 is 0 Å². The minimum absolute atomic E-state index is 0.742. The molecule has 0 unspecified atom stereocenters. The van der Waals surface area contributed by atoms with Crippen molar-refractivity contribution in [2.24, 2.45) is 0 Å². The zero-order chi connectivity index (χ0) is 12.3. The molecule has 2 aromatic rings. The van der Waals surface area contributed by atoms with Crippen LogP contribution in [-0.2, 0) is 0 Å². The first-order chi connectivity index (χ1) is 8.16. The molecule has 6 heteroatoms. The predicted octanol–water partition coefficient (Wildman–Crippen LogP) is 2.97. The smallest absolute Gasteiger partial charge is 0.187 e. The van der Waals surface area contributed by atoms with Crippen molar-refractivity contribution >= 4 is 27.7 Å². The molecule has 0 aliphatic carbocycles. The van der Waals surface area contributed by atoms with Gasteiger partial charge in [0.2, 0.25) is 5.16 Å². The Bertz CT molecular complexity index is 538. The maximum atomic E-state index is 4.00. The van der Waals surface area contributed by atoms with Crippen molar-refractivity contribution in [3.8, 4) is 5.69 Å². The van der Waals surface area contributed by atoms with Gasteiger partial charge in [-0.2, -0.15) is 4.68 Å². The minimum atomic E-state index is 0.742. The van der Waals surface area contributed by atoms with Gasteiger partial charge in [0, 0.05) is 5.75 Å². The van der Waals surface area contributed by atoms with Crippen molar-refractivity contribution in [2.45, 2.75) is 12.1 Å². The van der Waals surface area contributed by atoms with Crippen LogP contribution < -0.4 is 0 Å². The molecule has 1 aromatic carbocycles. The Labute approximate surface area is 112 Å². The molecule has 1 aromatic heterocycles. The van der Waals surface area contributed by atoms with Crippen LogP contribution in [0.15, 0.2) is 40.5 Å². The fourth-order valence-corrected chi connectivity index (χ4v) is 2.32. The van der Waals surface area contributed by atoms with E-state index in [2.05, 4.69) is 38.0 Å². The number of aromatic nitrogens is 4. The van der Waals surface area contributed by atoms with E-state index in [0.29, 0.717) is 0 Å². The van der Waals surface area contributed by atoms with Gasteiger partial charge in [0.05, 0.1) is 5.69 Å². The molecule has 0 bridgehead atoms. The maximum Gasteiger partial charge on any atom is 0.214 e. The van der Waals surface area contributed by atoms with Crippen LogP contribution in [0.5, 0.6) is 0 Å². The Morgan fingerprint density at radius 1 is 1.53 bits per heavy atom. The molecular weight excluding hydrogens is 300 g/mol. The Balaban J connectivity index is 2.27. The summed E-state index contributed by atoms with van der Waals surface area (Å²) >= 11 is 4.86. The summed E-state index contributed by atoms with van der Waals surface area (Å²) in [6.45, 7) is 5.83. The fraction of sp³-hybridized carbons (Fsp3) is 0.182. The third-order valence-electron chi connectivity index (χ3n) is 2.05. The molecule has 0 atom stereocenters. The van der Waals surface area contributed by atoms with Crippen LogP contribution in [0.1, 0.15) is 5.56 Å². The van der Waals surface area contributed by atoms with Crippen LogP contribution in [0.25, 0.3) is 5.69 Å². The van der Waals surface area contributed by atoms with Gasteiger partial charge in [0.15, 0.2) is 0 Å². The zero-order valence-corrected chi connectivity index (χ0v) is 11.7.